The third-order valence-electron chi connectivity index (χ3n) is 2.73. The van der Waals surface area contributed by atoms with Crippen molar-refractivity contribution in [2.75, 3.05) is 0 Å². The maximum absolute atomic E-state index is 10.6. The van der Waals surface area contributed by atoms with E-state index >= 15 is 0 Å². The largest absolute Gasteiger partial charge is 0.481 e. The van der Waals surface area contributed by atoms with Gasteiger partial charge in [-0.05, 0) is 43.2 Å². The number of carboxylic acid groups (broad SMARTS) is 1. The summed E-state index contributed by atoms with van der Waals surface area (Å²) in [6.07, 6.45) is 1.74. The second-order valence-electron chi connectivity index (χ2n) is 4.09. The van der Waals surface area contributed by atoms with Gasteiger partial charge in [0.2, 0.25) is 0 Å². The van der Waals surface area contributed by atoms with Crippen LogP contribution in [0.3, 0.4) is 0 Å². The van der Waals surface area contributed by atoms with Crippen molar-refractivity contribution in [2.45, 2.75) is 20.3 Å². The van der Waals surface area contributed by atoms with E-state index in [9.17, 15) is 4.79 Å². The minimum atomic E-state index is -0.865. The van der Waals surface area contributed by atoms with Crippen LogP contribution in [0.15, 0.2) is 30.5 Å². The van der Waals surface area contributed by atoms with Crippen LogP contribution in [0.25, 0.3) is 5.69 Å². The summed E-state index contributed by atoms with van der Waals surface area (Å²) < 4.78 is 1.70. The first kappa shape index (κ1) is 11.4. The topological polar surface area (TPSA) is 55.1 Å². The third kappa shape index (κ3) is 2.53. The van der Waals surface area contributed by atoms with E-state index in [2.05, 4.69) is 12.0 Å². The zero-order chi connectivity index (χ0) is 12.4. The Kier molecular flexibility index (Phi) is 2.95. The van der Waals surface area contributed by atoms with Crippen LogP contribution in [0.1, 0.15) is 16.8 Å². The molecular weight excluding hydrogens is 216 g/mol. The molecule has 4 nitrogen and oxygen atoms in total. The lowest BCUT2D eigenvalue weighted by Crippen LogP contribution is -2.02. The lowest BCUT2D eigenvalue weighted by atomic mass is 10.1. The van der Waals surface area contributed by atoms with Gasteiger partial charge in [0, 0.05) is 6.20 Å². The molecular formula is C13H14N2O2. The van der Waals surface area contributed by atoms with Gasteiger partial charge in [0.15, 0.2) is 0 Å². The summed E-state index contributed by atoms with van der Waals surface area (Å²) >= 11 is 0. The number of hydrogen-bond donors (Lipinski definition) is 1. The van der Waals surface area contributed by atoms with E-state index in [1.165, 1.54) is 11.1 Å². The van der Waals surface area contributed by atoms with Crippen molar-refractivity contribution in [3.05, 3.63) is 47.3 Å². The van der Waals surface area contributed by atoms with E-state index in [4.69, 9.17) is 5.11 Å². The monoisotopic (exact) mass is 230 g/mol. The van der Waals surface area contributed by atoms with Crippen molar-refractivity contribution in [2.24, 2.45) is 0 Å². The molecule has 17 heavy (non-hydrogen) atoms. The van der Waals surface area contributed by atoms with E-state index in [1.54, 1.807) is 16.9 Å². The highest BCUT2D eigenvalue weighted by Gasteiger charge is 2.05. The average Bonchev–Trinajstić information content (AvgIpc) is 2.69. The normalized spacial score (nSPS) is 10.5. The summed E-state index contributed by atoms with van der Waals surface area (Å²) in [6, 6.07) is 7.76. The molecule has 88 valence electrons. The van der Waals surface area contributed by atoms with Crippen LogP contribution in [0, 0.1) is 13.8 Å². The Bertz CT molecular complexity index is 558. The number of nitrogens with zero attached hydrogens (tertiary/aromatic N) is 2. The van der Waals surface area contributed by atoms with Gasteiger partial charge in [-0.2, -0.15) is 5.10 Å². The molecule has 1 heterocycles. The van der Waals surface area contributed by atoms with E-state index < -0.39 is 5.97 Å². The third-order valence-corrected chi connectivity index (χ3v) is 2.73. The Morgan fingerprint density at radius 3 is 2.71 bits per heavy atom. The molecule has 0 aliphatic carbocycles. The van der Waals surface area contributed by atoms with Crippen LogP contribution in [0.5, 0.6) is 0 Å². The van der Waals surface area contributed by atoms with Gasteiger partial charge in [-0.1, -0.05) is 6.07 Å². The predicted molar refractivity (Wildman–Crippen MR) is 64.4 cm³/mol. The lowest BCUT2D eigenvalue weighted by Gasteiger charge is -2.04. The number of hydrogen-bond acceptors (Lipinski definition) is 2. The highest BCUT2D eigenvalue weighted by atomic mass is 16.4. The molecule has 0 unspecified atom stereocenters. The highest BCUT2D eigenvalue weighted by molar-refractivity contribution is 5.69. The molecule has 0 spiro atoms. The molecule has 0 aliphatic rings. The number of benzene rings is 1. The fourth-order valence-corrected chi connectivity index (χ4v) is 1.62. The molecule has 0 saturated heterocycles. The van der Waals surface area contributed by atoms with Crippen molar-refractivity contribution in [1.29, 1.82) is 0 Å². The minimum Gasteiger partial charge on any atom is -0.481 e. The molecule has 0 fully saturated rings. The summed E-state index contributed by atoms with van der Waals surface area (Å²) in [6.45, 7) is 4.10. The molecule has 2 rings (SSSR count). The van der Waals surface area contributed by atoms with Crippen LogP contribution in [-0.2, 0) is 11.2 Å². The Morgan fingerprint density at radius 2 is 2.06 bits per heavy atom. The molecule has 2 aromatic rings. The smallest absolute Gasteiger partial charge is 0.309 e. The van der Waals surface area contributed by atoms with Crippen molar-refractivity contribution >= 4 is 5.97 Å². The molecule has 1 N–H and O–H groups in total. The van der Waals surface area contributed by atoms with Crippen LogP contribution in [0.2, 0.25) is 0 Å². The van der Waals surface area contributed by atoms with Gasteiger partial charge >= 0.3 is 5.97 Å². The first-order chi connectivity index (χ1) is 8.06. The molecule has 0 bridgehead atoms. The Balaban J connectivity index is 2.30. The molecule has 1 aromatic carbocycles. The average molecular weight is 230 g/mol. The molecule has 0 atom stereocenters. The zero-order valence-electron chi connectivity index (χ0n) is 9.84. The van der Waals surface area contributed by atoms with E-state index in [1.807, 2.05) is 25.1 Å². The standard InChI is InChI=1S/C13H14N2O2/c1-9-3-4-12(7-10(9)2)15-6-5-11(14-15)8-13(16)17/h3-7H,8H2,1-2H3,(H,16,17). The quantitative estimate of drug-likeness (QED) is 0.878. The summed E-state index contributed by atoms with van der Waals surface area (Å²) in [5.74, 6) is -0.865. The maximum Gasteiger partial charge on any atom is 0.309 e. The van der Waals surface area contributed by atoms with Crippen LogP contribution in [-0.4, -0.2) is 20.9 Å². The fraction of sp³-hybridized carbons (Fsp3) is 0.231. The van der Waals surface area contributed by atoms with E-state index in [0.29, 0.717) is 5.69 Å². The van der Waals surface area contributed by atoms with Gasteiger partial charge in [0.25, 0.3) is 0 Å². The van der Waals surface area contributed by atoms with Crippen molar-refractivity contribution in [1.82, 2.24) is 9.78 Å². The molecule has 0 amide bonds. The van der Waals surface area contributed by atoms with Crippen LogP contribution >= 0.6 is 0 Å². The number of aliphatic carboxylic acids is 1. The predicted octanol–water partition coefficient (Wildman–Crippen LogP) is 2.12. The molecule has 1 aromatic heterocycles. The van der Waals surface area contributed by atoms with Gasteiger partial charge in [-0.3, -0.25) is 4.79 Å². The summed E-state index contributed by atoms with van der Waals surface area (Å²) in [5.41, 5.74) is 3.94. The van der Waals surface area contributed by atoms with E-state index in [0.717, 1.165) is 5.69 Å². The van der Waals surface area contributed by atoms with Crippen LogP contribution in [0.4, 0.5) is 0 Å². The van der Waals surface area contributed by atoms with Crippen molar-refractivity contribution in [3.8, 4) is 5.69 Å². The number of carboxylic acids is 1. The highest BCUT2D eigenvalue weighted by Crippen LogP contribution is 2.13. The first-order valence-corrected chi connectivity index (χ1v) is 5.40. The second kappa shape index (κ2) is 4.41. The first-order valence-electron chi connectivity index (χ1n) is 5.40. The van der Waals surface area contributed by atoms with Gasteiger partial charge in [-0.15, -0.1) is 0 Å². The molecule has 4 heteroatoms. The van der Waals surface area contributed by atoms with Gasteiger partial charge in [0.1, 0.15) is 0 Å². The number of carbonyl (C=O) groups is 1. The number of aromatic nitrogens is 2. The Labute approximate surface area is 99.5 Å². The molecule has 0 aliphatic heterocycles. The van der Waals surface area contributed by atoms with Gasteiger partial charge in [-0.25, -0.2) is 4.68 Å². The fourth-order valence-electron chi connectivity index (χ4n) is 1.62. The lowest BCUT2D eigenvalue weighted by molar-refractivity contribution is -0.136. The summed E-state index contributed by atoms with van der Waals surface area (Å²) in [4.78, 5) is 10.6. The van der Waals surface area contributed by atoms with Crippen molar-refractivity contribution < 1.29 is 9.90 Å². The SMILES string of the molecule is Cc1ccc(-n2ccc(CC(=O)O)n2)cc1C. The van der Waals surface area contributed by atoms with Crippen molar-refractivity contribution in [3.63, 3.8) is 0 Å². The summed E-state index contributed by atoms with van der Waals surface area (Å²) in [5, 5.41) is 12.9. The Hall–Kier alpha value is -2.10. The molecule has 0 saturated carbocycles. The zero-order valence-corrected chi connectivity index (χ0v) is 9.84. The maximum atomic E-state index is 10.6. The second-order valence-corrected chi connectivity index (χ2v) is 4.09. The number of aryl methyl sites for hydroxylation is 2. The summed E-state index contributed by atoms with van der Waals surface area (Å²) in [7, 11) is 0. The number of rotatable bonds is 3. The van der Waals surface area contributed by atoms with Crippen LogP contribution < -0.4 is 0 Å². The van der Waals surface area contributed by atoms with Gasteiger partial charge < -0.3 is 5.11 Å². The minimum absolute atomic E-state index is 0.0438. The Morgan fingerprint density at radius 1 is 1.29 bits per heavy atom. The molecule has 0 radical (unpaired) electrons. The van der Waals surface area contributed by atoms with E-state index in [-0.39, 0.29) is 6.42 Å². The van der Waals surface area contributed by atoms with Gasteiger partial charge in [0.05, 0.1) is 17.8 Å².